The molecule has 2 aromatic heterocycles. The third kappa shape index (κ3) is 1.75. The van der Waals surface area contributed by atoms with Crippen molar-refractivity contribution in [1.29, 1.82) is 0 Å². The van der Waals surface area contributed by atoms with Gasteiger partial charge in [-0.05, 0) is 11.6 Å². The number of fused-ring (bicyclic) bond motifs is 1. The number of nitrogens with zero attached hydrogens (tertiary/aromatic N) is 3. The minimum atomic E-state index is 0.0721. The summed E-state index contributed by atoms with van der Waals surface area (Å²) in [4.78, 5) is 7.88. The lowest BCUT2D eigenvalue weighted by molar-refractivity contribution is 0.458. The Balaban J connectivity index is 2.32. The lowest BCUT2D eigenvalue weighted by atomic mass is 10.1. The molecule has 6 heteroatoms. The van der Waals surface area contributed by atoms with Gasteiger partial charge in [0.15, 0.2) is 5.15 Å². The Kier molecular flexibility index (Phi) is 2.46. The SMILES string of the molecule is Clc1nc(Cl)c2onc(-c3ccccc3)c2n1. The van der Waals surface area contributed by atoms with Gasteiger partial charge >= 0.3 is 0 Å². The van der Waals surface area contributed by atoms with Crippen molar-refractivity contribution in [2.45, 2.75) is 0 Å². The van der Waals surface area contributed by atoms with Gasteiger partial charge in [-0.15, -0.1) is 0 Å². The normalized spacial score (nSPS) is 10.9. The molecule has 0 radical (unpaired) electrons. The Morgan fingerprint density at radius 2 is 1.76 bits per heavy atom. The number of halogens is 2. The third-order valence-corrected chi connectivity index (χ3v) is 2.72. The van der Waals surface area contributed by atoms with E-state index in [9.17, 15) is 0 Å². The minimum absolute atomic E-state index is 0.0721. The molecule has 0 aliphatic carbocycles. The average molecular weight is 266 g/mol. The van der Waals surface area contributed by atoms with Crippen molar-refractivity contribution in [3.05, 3.63) is 40.8 Å². The van der Waals surface area contributed by atoms with Crippen molar-refractivity contribution >= 4 is 34.3 Å². The second-order valence-electron chi connectivity index (χ2n) is 3.36. The van der Waals surface area contributed by atoms with Gasteiger partial charge in [0.1, 0.15) is 11.2 Å². The van der Waals surface area contributed by atoms with Gasteiger partial charge in [0.2, 0.25) is 10.9 Å². The molecule has 2 heterocycles. The molecule has 0 aliphatic heterocycles. The maximum Gasteiger partial charge on any atom is 0.224 e. The first-order valence-corrected chi connectivity index (χ1v) is 5.55. The molecule has 3 aromatic rings. The van der Waals surface area contributed by atoms with Crippen LogP contribution < -0.4 is 0 Å². The number of hydrogen-bond acceptors (Lipinski definition) is 4. The maximum atomic E-state index is 5.89. The van der Waals surface area contributed by atoms with E-state index in [0.29, 0.717) is 16.8 Å². The molecule has 4 nitrogen and oxygen atoms in total. The van der Waals surface area contributed by atoms with E-state index in [4.69, 9.17) is 27.7 Å². The van der Waals surface area contributed by atoms with Gasteiger partial charge in [0.25, 0.3) is 0 Å². The van der Waals surface area contributed by atoms with E-state index in [-0.39, 0.29) is 10.4 Å². The molecule has 0 saturated heterocycles. The van der Waals surface area contributed by atoms with E-state index in [1.807, 2.05) is 30.3 Å². The van der Waals surface area contributed by atoms with Crippen molar-refractivity contribution in [1.82, 2.24) is 15.1 Å². The van der Waals surface area contributed by atoms with Crippen LogP contribution in [-0.4, -0.2) is 15.1 Å². The van der Waals surface area contributed by atoms with Crippen molar-refractivity contribution in [3.63, 3.8) is 0 Å². The molecule has 0 atom stereocenters. The summed E-state index contributed by atoms with van der Waals surface area (Å²) in [7, 11) is 0. The predicted octanol–water partition coefficient (Wildman–Crippen LogP) is 3.59. The molecule has 0 bridgehead atoms. The molecule has 0 amide bonds. The van der Waals surface area contributed by atoms with Crippen LogP contribution in [0.4, 0.5) is 0 Å². The standard InChI is InChI=1S/C11H5Cl2N3O/c12-10-9-8(14-11(13)15-10)7(16-17-9)6-4-2-1-3-5-6/h1-5H. The van der Waals surface area contributed by atoms with E-state index in [2.05, 4.69) is 15.1 Å². The highest BCUT2D eigenvalue weighted by atomic mass is 35.5. The second kappa shape index (κ2) is 3.98. The maximum absolute atomic E-state index is 5.89. The van der Waals surface area contributed by atoms with E-state index >= 15 is 0 Å². The lowest BCUT2D eigenvalue weighted by Gasteiger charge is -1.95. The lowest BCUT2D eigenvalue weighted by Crippen LogP contribution is -1.85. The van der Waals surface area contributed by atoms with Crippen LogP contribution in [0.2, 0.25) is 10.4 Å². The van der Waals surface area contributed by atoms with E-state index < -0.39 is 0 Å². The molecule has 3 rings (SSSR count). The van der Waals surface area contributed by atoms with Crippen molar-refractivity contribution in [2.24, 2.45) is 0 Å². The van der Waals surface area contributed by atoms with E-state index in [1.165, 1.54) is 0 Å². The highest BCUT2D eigenvalue weighted by molar-refractivity contribution is 6.35. The number of benzene rings is 1. The molecule has 0 fully saturated rings. The van der Waals surface area contributed by atoms with Gasteiger partial charge in [-0.1, -0.05) is 47.1 Å². The summed E-state index contributed by atoms with van der Waals surface area (Å²) in [5.74, 6) is 0. The molecule has 0 spiro atoms. The largest absolute Gasteiger partial charge is 0.351 e. The van der Waals surface area contributed by atoms with Gasteiger partial charge in [0.05, 0.1) is 0 Å². The first kappa shape index (κ1) is 10.5. The first-order chi connectivity index (χ1) is 8.25. The van der Waals surface area contributed by atoms with Gasteiger partial charge in [0, 0.05) is 5.56 Å². The molecule has 84 valence electrons. The summed E-state index contributed by atoms with van der Waals surface area (Å²) in [5.41, 5.74) is 2.35. The zero-order valence-corrected chi connectivity index (χ0v) is 9.90. The van der Waals surface area contributed by atoms with Crippen molar-refractivity contribution < 1.29 is 4.52 Å². The number of rotatable bonds is 1. The smallest absolute Gasteiger partial charge is 0.224 e. The summed E-state index contributed by atoms with van der Waals surface area (Å²) >= 11 is 11.7. The fourth-order valence-corrected chi connectivity index (χ4v) is 1.98. The summed E-state index contributed by atoms with van der Waals surface area (Å²) in [6.45, 7) is 0. The van der Waals surface area contributed by atoms with Crippen LogP contribution in [0.3, 0.4) is 0 Å². The molecule has 0 aliphatic rings. The highest BCUT2D eigenvalue weighted by Crippen LogP contribution is 2.30. The second-order valence-corrected chi connectivity index (χ2v) is 4.05. The van der Waals surface area contributed by atoms with Crippen LogP contribution in [0.15, 0.2) is 34.9 Å². The number of hydrogen-bond donors (Lipinski definition) is 0. The molecule has 17 heavy (non-hydrogen) atoms. The first-order valence-electron chi connectivity index (χ1n) is 4.79. The Morgan fingerprint density at radius 1 is 1.00 bits per heavy atom. The highest BCUT2D eigenvalue weighted by Gasteiger charge is 2.16. The van der Waals surface area contributed by atoms with Gasteiger partial charge in [-0.25, -0.2) is 9.97 Å². The van der Waals surface area contributed by atoms with Gasteiger partial charge in [-0.2, -0.15) is 0 Å². The van der Waals surface area contributed by atoms with Crippen LogP contribution in [0.25, 0.3) is 22.4 Å². The van der Waals surface area contributed by atoms with Gasteiger partial charge < -0.3 is 4.52 Å². The average Bonchev–Trinajstić information content (AvgIpc) is 2.74. The fraction of sp³-hybridized carbons (Fsp3) is 0. The monoisotopic (exact) mass is 265 g/mol. The van der Waals surface area contributed by atoms with Crippen LogP contribution in [0.5, 0.6) is 0 Å². The zero-order chi connectivity index (χ0) is 11.8. The molecular formula is C11H5Cl2N3O. The third-order valence-electron chi connectivity index (χ3n) is 2.30. The Bertz CT molecular complexity index is 682. The Morgan fingerprint density at radius 3 is 2.53 bits per heavy atom. The van der Waals surface area contributed by atoms with Crippen LogP contribution in [-0.2, 0) is 0 Å². The van der Waals surface area contributed by atoms with Crippen molar-refractivity contribution in [3.8, 4) is 11.3 Å². The summed E-state index contributed by atoms with van der Waals surface area (Å²) in [6.07, 6.45) is 0. The summed E-state index contributed by atoms with van der Waals surface area (Å²) < 4.78 is 5.12. The Labute approximate surface area is 106 Å². The summed E-state index contributed by atoms with van der Waals surface area (Å²) in [5, 5.41) is 4.18. The molecular weight excluding hydrogens is 261 g/mol. The predicted molar refractivity (Wildman–Crippen MR) is 65.1 cm³/mol. The van der Waals surface area contributed by atoms with E-state index in [0.717, 1.165) is 5.56 Å². The number of aromatic nitrogens is 3. The van der Waals surface area contributed by atoms with Crippen LogP contribution >= 0.6 is 23.2 Å². The topological polar surface area (TPSA) is 51.8 Å². The summed E-state index contributed by atoms with van der Waals surface area (Å²) in [6, 6.07) is 9.53. The molecule has 0 unspecified atom stereocenters. The quantitative estimate of drug-likeness (QED) is 0.499. The fourth-order valence-electron chi connectivity index (χ4n) is 1.56. The van der Waals surface area contributed by atoms with Crippen LogP contribution in [0, 0.1) is 0 Å². The van der Waals surface area contributed by atoms with Gasteiger partial charge in [-0.3, -0.25) is 0 Å². The molecule has 0 saturated carbocycles. The van der Waals surface area contributed by atoms with Crippen molar-refractivity contribution in [2.75, 3.05) is 0 Å². The Hall–Kier alpha value is -1.65. The molecule has 1 aromatic carbocycles. The minimum Gasteiger partial charge on any atom is -0.351 e. The van der Waals surface area contributed by atoms with Crippen LogP contribution in [0.1, 0.15) is 0 Å². The van der Waals surface area contributed by atoms with E-state index in [1.54, 1.807) is 0 Å². The zero-order valence-electron chi connectivity index (χ0n) is 8.39. The molecule has 0 N–H and O–H groups in total.